The van der Waals surface area contributed by atoms with Gasteiger partial charge in [0, 0.05) is 19.5 Å². The molecule has 0 saturated carbocycles. The smallest absolute Gasteiger partial charge is 0.303 e. The fourth-order valence-corrected chi connectivity index (χ4v) is 3.23. The minimum atomic E-state index is -0.799. The Morgan fingerprint density at radius 3 is 2.57 bits per heavy atom. The van der Waals surface area contributed by atoms with Crippen molar-refractivity contribution in [1.29, 1.82) is 0 Å². The lowest BCUT2D eigenvalue weighted by molar-refractivity contribution is -0.137. The molecule has 1 aliphatic rings. The summed E-state index contributed by atoms with van der Waals surface area (Å²) in [5.41, 5.74) is 0.333. The largest absolute Gasteiger partial charge is 0.481 e. The van der Waals surface area contributed by atoms with Gasteiger partial charge in [0.1, 0.15) is 0 Å². The number of rotatable bonds is 4. The summed E-state index contributed by atoms with van der Waals surface area (Å²) >= 11 is 12.1. The van der Waals surface area contributed by atoms with Gasteiger partial charge in [-0.3, -0.25) is 9.59 Å². The Morgan fingerprint density at radius 1 is 1.29 bits per heavy atom. The third-order valence-electron chi connectivity index (χ3n) is 3.75. The third kappa shape index (κ3) is 4.11. The summed E-state index contributed by atoms with van der Waals surface area (Å²) < 4.78 is 0. The van der Waals surface area contributed by atoms with Crippen LogP contribution in [0.5, 0.6) is 0 Å². The van der Waals surface area contributed by atoms with E-state index in [1.807, 2.05) is 0 Å². The van der Waals surface area contributed by atoms with Gasteiger partial charge in [0.05, 0.1) is 15.6 Å². The average molecular weight is 330 g/mol. The average Bonchev–Trinajstić information content (AvgIpc) is 2.45. The highest BCUT2D eigenvalue weighted by molar-refractivity contribution is 6.39. The van der Waals surface area contributed by atoms with Crippen LogP contribution in [0.25, 0.3) is 0 Å². The van der Waals surface area contributed by atoms with E-state index in [4.69, 9.17) is 28.3 Å². The SMILES string of the molecule is O=C(O)CC[C@@H]1CCCN(C(=O)c2c(Cl)cccc2Cl)C1. The van der Waals surface area contributed by atoms with Crippen molar-refractivity contribution in [3.63, 3.8) is 0 Å². The van der Waals surface area contributed by atoms with E-state index in [1.54, 1.807) is 23.1 Å². The Hall–Kier alpha value is -1.26. The van der Waals surface area contributed by atoms with Gasteiger partial charge in [-0.15, -0.1) is 0 Å². The number of hydrogen-bond acceptors (Lipinski definition) is 2. The summed E-state index contributed by atoms with van der Waals surface area (Å²) in [4.78, 5) is 24.9. The van der Waals surface area contributed by atoms with E-state index in [-0.39, 0.29) is 18.2 Å². The van der Waals surface area contributed by atoms with Crippen molar-refractivity contribution in [2.45, 2.75) is 25.7 Å². The fraction of sp³-hybridized carbons (Fsp3) is 0.467. The number of benzene rings is 1. The molecule has 0 bridgehead atoms. The van der Waals surface area contributed by atoms with Crippen LogP contribution in [0.4, 0.5) is 0 Å². The number of piperidine rings is 1. The van der Waals surface area contributed by atoms with Gasteiger partial charge >= 0.3 is 5.97 Å². The lowest BCUT2D eigenvalue weighted by atomic mass is 9.93. The first-order valence-electron chi connectivity index (χ1n) is 6.94. The van der Waals surface area contributed by atoms with Gasteiger partial charge < -0.3 is 10.0 Å². The highest BCUT2D eigenvalue weighted by Gasteiger charge is 2.27. The second-order valence-corrected chi connectivity index (χ2v) is 6.10. The maximum Gasteiger partial charge on any atom is 0.303 e. The molecule has 4 nitrogen and oxygen atoms in total. The molecule has 1 saturated heterocycles. The van der Waals surface area contributed by atoms with Crippen molar-refractivity contribution in [2.75, 3.05) is 13.1 Å². The summed E-state index contributed by atoms with van der Waals surface area (Å²) in [5, 5.41) is 9.45. The predicted molar refractivity (Wildman–Crippen MR) is 82.0 cm³/mol. The van der Waals surface area contributed by atoms with Crippen LogP contribution >= 0.6 is 23.2 Å². The quantitative estimate of drug-likeness (QED) is 0.915. The number of amides is 1. The number of hydrogen-bond donors (Lipinski definition) is 1. The van der Waals surface area contributed by atoms with Gasteiger partial charge in [0.15, 0.2) is 0 Å². The van der Waals surface area contributed by atoms with E-state index in [0.717, 1.165) is 12.8 Å². The Kier molecular flexibility index (Phi) is 5.48. The van der Waals surface area contributed by atoms with Crippen LogP contribution in [-0.2, 0) is 4.79 Å². The molecule has 0 unspecified atom stereocenters. The standard InChI is InChI=1S/C15H17Cl2NO3/c16-11-4-1-5-12(17)14(11)15(21)18-8-2-3-10(9-18)6-7-13(19)20/h1,4-5,10H,2-3,6-9H2,(H,19,20)/t10-/m0/s1. The summed E-state index contributed by atoms with van der Waals surface area (Å²) in [6, 6.07) is 4.99. The number of nitrogens with zero attached hydrogens (tertiary/aromatic N) is 1. The second kappa shape index (κ2) is 7.14. The number of carbonyl (C=O) groups excluding carboxylic acids is 1. The second-order valence-electron chi connectivity index (χ2n) is 5.29. The van der Waals surface area contributed by atoms with Crippen LogP contribution in [0.1, 0.15) is 36.0 Å². The van der Waals surface area contributed by atoms with Gasteiger partial charge in [-0.05, 0) is 37.3 Å². The van der Waals surface area contributed by atoms with Crippen molar-refractivity contribution in [2.24, 2.45) is 5.92 Å². The van der Waals surface area contributed by atoms with Gasteiger partial charge in [0.2, 0.25) is 0 Å². The molecule has 1 atom stereocenters. The topological polar surface area (TPSA) is 57.6 Å². The molecule has 0 radical (unpaired) electrons. The van der Waals surface area contributed by atoms with Crippen LogP contribution in [0.3, 0.4) is 0 Å². The van der Waals surface area contributed by atoms with Crippen molar-refractivity contribution in [1.82, 2.24) is 4.90 Å². The molecule has 1 fully saturated rings. The number of halogens is 2. The van der Waals surface area contributed by atoms with E-state index in [9.17, 15) is 9.59 Å². The molecule has 0 aliphatic carbocycles. The first-order valence-corrected chi connectivity index (χ1v) is 7.69. The van der Waals surface area contributed by atoms with Gasteiger partial charge in [-0.25, -0.2) is 0 Å². The van der Waals surface area contributed by atoms with Crippen molar-refractivity contribution < 1.29 is 14.7 Å². The van der Waals surface area contributed by atoms with Crippen molar-refractivity contribution in [3.8, 4) is 0 Å². The highest BCUT2D eigenvalue weighted by atomic mass is 35.5. The molecule has 6 heteroatoms. The predicted octanol–water partition coefficient (Wildman–Crippen LogP) is 3.71. The van der Waals surface area contributed by atoms with Crippen LogP contribution in [0.15, 0.2) is 18.2 Å². The van der Waals surface area contributed by atoms with E-state index in [0.29, 0.717) is 35.1 Å². The molecule has 2 rings (SSSR count). The van der Waals surface area contributed by atoms with E-state index in [1.165, 1.54) is 0 Å². The molecule has 21 heavy (non-hydrogen) atoms. The number of aliphatic carboxylic acids is 1. The molecule has 1 aromatic carbocycles. The summed E-state index contributed by atoms with van der Waals surface area (Å²) in [6.45, 7) is 1.22. The normalized spacial score (nSPS) is 18.6. The molecule has 1 aliphatic heterocycles. The number of carboxylic acids is 1. The van der Waals surface area contributed by atoms with Gasteiger partial charge in [-0.1, -0.05) is 29.3 Å². The van der Waals surface area contributed by atoms with Gasteiger partial charge in [-0.2, -0.15) is 0 Å². The van der Waals surface area contributed by atoms with Crippen LogP contribution < -0.4 is 0 Å². The third-order valence-corrected chi connectivity index (χ3v) is 4.38. The molecular weight excluding hydrogens is 313 g/mol. The Labute approximate surface area is 133 Å². The zero-order chi connectivity index (χ0) is 15.4. The lowest BCUT2D eigenvalue weighted by Gasteiger charge is -2.33. The van der Waals surface area contributed by atoms with Gasteiger partial charge in [0.25, 0.3) is 5.91 Å². The zero-order valence-corrected chi connectivity index (χ0v) is 13.0. The maximum absolute atomic E-state index is 12.6. The van der Waals surface area contributed by atoms with E-state index < -0.39 is 5.97 Å². The first kappa shape index (κ1) is 16.1. The molecular formula is C15H17Cl2NO3. The lowest BCUT2D eigenvalue weighted by Crippen LogP contribution is -2.40. The van der Waals surface area contributed by atoms with E-state index >= 15 is 0 Å². The summed E-state index contributed by atoms with van der Waals surface area (Å²) in [6.07, 6.45) is 2.56. The minimum Gasteiger partial charge on any atom is -0.481 e. The molecule has 1 heterocycles. The monoisotopic (exact) mass is 329 g/mol. The minimum absolute atomic E-state index is 0.138. The number of carboxylic acid groups (broad SMARTS) is 1. The molecule has 1 N–H and O–H groups in total. The Morgan fingerprint density at radius 2 is 1.95 bits per heavy atom. The molecule has 114 valence electrons. The maximum atomic E-state index is 12.6. The summed E-state index contributed by atoms with van der Waals surface area (Å²) in [5.74, 6) is -0.752. The first-order chi connectivity index (χ1) is 9.99. The van der Waals surface area contributed by atoms with Crippen LogP contribution in [0.2, 0.25) is 10.0 Å². The zero-order valence-electron chi connectivity index (χ0n) is 11.5. The highest BCUT2D eigenvalue weighted by Crippen LogP contribution is 2.28. The number of carbonyl (C=O) groups is 2. The van der Waals surface area contributed by atoms with Crippen LogP contribution in [0, 0.1) is 5.92 Å². The van der Waals surface area contributed by atoms with Crippen molar-refractivity contribution >= 4 is 35.1 Å². The van der Waals surface area contributed by atoms with Crippen LogP contribution in [-0.4, -0.2) is 35.0 Å². The molecule has 0 spiro atoms. The molecule has 1 amide bonds. The van der Waals surface area contributed by atoms with Crippen molar-refractivity contribution in [3.05, 3.63) is 33.8 Å². The fourth-order valence-electron chi connectivity index (χ4n) is 2.67. The molecule has 0 aromatic heterocycles. The Balaban J connectivity index is 2.07. The summed E-state index contributed by atoms with van der Waals surface area (Å²) in [7, 11) is 0. The van der Waals surface area contributed by atoms with E-state index in [2.05, 4.69) is 0 Å². The number of likely N-dealkylation sites (tertiary alicyclic amines) is 1. The Bertz CT molecular complexity index is 527. The molecule has 1 aromatic rings.